The highest BCUT2D eigenvalue weighted by molar-refractivity contribution is 5.34. The van der Waals surface area contributed by atoms with Crippen LogP contribution < -0.4 is 10.1 Å². The molecule has 4 nitrogen and oxygen atoms in total. The third-order valence-corrected chi connectivity index (χ3v) is 3.34. The first-order valence-electron chi connectivity index (χ1n) is 6.60. The first-order chi connectivity index (χ1) is 9.28. The molecule has 0 aliphatic heterocycles. The molecule has 0 aliphatic rings. The lowest BCUT2D eigenvalue weighted by Crippen LogP contribution is -2.18. The predicted molar refractivity (Wildman–Crippen MR) is 76.4 cm³/mol. The van der Waals surface area contributed by atoms with Gasteiger partial charge in [-0.05, 0) is 32.0 Å². The van der Waals surface area contributed by atoms with Crippen LogP contribution in [0.5, 0.6) is 5.75 Å². The summed E-state index contributed by atoms with van der Waals surface area (Å²) in [7, 11) is 3.69. The molecule has 0 amide bonds. The van der Waals surface area contributed by atoms with Crippen molar-refractivity contribution < 1.29 is 4.74 Å². The standard InChI is InChI=1S/C15H21N3O/c1-4-18-11-13(10-17-18)14(16-2)9-12-7-5-6-8-15(12)19-3/h5-8,10-11,14,16H,4,9H2,1-3H3. The average molecular weight is 259 g/mol. The Morgan fingerprint density at radius 1 is 1.37 bits per heavy atom. The molecule has 0 saturated carbocycles. The largest absolute Gasteiger partial charge is 0.496 e. The van der Waals surface area contributed by atoms with Gasteiger partial charge in [0.05, 0.1) is 13.3 Å². The Balaban J connectivity index is 2.18. The molecule has 0 radical (unpaired) electrons. The molecule has 1 heterocycles. The number of nitrogens with one attached hydrogen (secondary N) is 1. The second-order valence-electron chi connectivity index (χ2n) is 4.49. The molecule has 4 heteroatoms. The average Bonchev–Trinajstić information content (AvgIpc) is 2.93. The molecule has 0 bridgehead atoms. The zero-order chi connectivity index (χ0) is 13.7. The lowest BCUT2D eigenvalue weighted by atomic mass is 10.0. The predicted octanol–water partition coefficient (Wildman–Crippen LogP) is 2.41. The fourth-order valence-electron chi connectivity index (χ4n) is 2.21. The maximum atomic E-state index is 5.40. The number of likely N-dealkylation sites (N-methyl/N-ethyl adjacent to an activating group) is 1. The minimum absolute atomic E-state index is 0.247. The van der Waals surface area contributed by atoms with Gasteiger partial charge in [0.25, 0.3) is 0 Å². The Bertz CT molecular complexity index is 522. The molecule has 1 N–H and O–H groups in total. The number of ether oxygens (including phenoxy) is 1. The van der Waals surface area contributed by atoms with Gasteiger partial charge >= 0.3 is 0 Å². The summed E-state index contributed by atoms with van der Waals surface area (Å²) in [4.78, 5) is 0. The van der Waals surface area contributed by atoms with E-state index in [0.717, 1.165) is 18.7 Å². The lowest BCUT2D eigenvalue weighted by molar-refractivity contribution is 0.406. The third kappa shape index (κ3) is 3.15. The summed E-state index contributed by atoms with van der Waals surface area (Å²) >= 11 is 0. The van der Waals surface area contributed by atoms with Crippen LogP contribution in [0, 0.1) is 0 Å². The van der Waals surface area contributed by atoms with Crippen molar-refractivity contribution in [3.63, 3.8) is 0 Å². The van der Waals surface area contributed by atoms with Crippen LogP contribution in [0.15, 0.2) is 36.7 Å². The third-order valence-electron chi connectivity index (χ3n) is 3.34. The van der Waals surface area contributed by atoms with Crippen molar-refractivity contribution in [2.45, 2.75) is 25.9 Å². The highest BCUT2D eigenvalue weighted by atomic mass is 16.5. The minimum atomic E-state index is 0.247. The van der Waals surface area contributed by atoms with Crippen LogP contribution in [0.2, 0.25) is 0 Å². The topological polar surface area (TPSA) is 39.1 Å². The van der Waals surface area contributed by atoms with Gasteiger partial charge in [0.1, 0.15) is 5.75 Å². The second-order valence-corrected chi connectivity index (χ2v) is 4.49. The summed E-state index contributed by atoms with van der Waals surface area (Å²) in [5.74, 6) is 0.936. The van der Waals surface area contributed by atoms with Crippen LogP contribution in [0.3, 0.4) is 0 Å². The van der Waals surface area contributed by atoms with Crippen LogP contribution in [0.4, 0.5) is 0 Å². The summed E-state index contributed by atoms with van der Waals surface area (Å²) in [6, 6.07) is 8.38. The van der Waals surface area contributed by atoms with E-state index in [0.29, 0.717) is 0 Å². The summed E-state index contributed by atoms with van der Waals surface area (Å²) in [6.45, 7) is 2.98. The van der Waals surface area contributed by atoms with Crippen molar-refractivity contribution in [1.82, 2.24) is 15.1 Å². The van der Waals surface area contributed by atoms with E-state index >= 15 is 0 Å². The molecular weight excluding hydrogens is 238 g/mol. The number of aryl methyl sites for hydroxylation is 1. The van der Waals surface area contributed by atoms with Gasteiger partial charge < -0.3 is 10.1 Å². The van der Waals surface area contributed by atoms with E-state index in [1.807, 2.05) is 36.1 Å². The molecule has 0 spiro atoms. The van der Waals surface area contributed by atoms with E-state index in [-0.39, 0.29) is 6.04 Å². The van der Waals surface area contributed by atoms with Gasteiger partial charge in [-0.1, -0.05) is 18.2 Å². The van der Waals surface area contributed by atoms with Gasteiger partial charge in [-0.25, -0.2) is 0 Å². The number of methoxy groups -OCH3 is 1. The van der Waals surface area contributed by atoms with Gasteiger partial charge in [-0.2, -0.15) is 5.10 Å². The molecule has 1 aromatic carbocycles. The van der Waals surface area contributed by atoms with E-state index in [4.69, 9.17) is 4.74 Å². The summed E-state index contributed by atoms with van der Waals surface area (Å²) in [5, 5.41) is 7.68. The van der Waals surface area contributed by atoms with Crippen molar-refractivity contribution in [3.05, 3.63) is 47.8 Å². The normalized spacial score (nSPS) is 12.4. The fraction of sp³-hybridized carbons (Fsp3) is 0.400. The molecule has 0 fully saturated rings. The summed E-state index contributed by atoms with van der Waals surface area (Å²) in [6.07, 6.45) is 4.91. The molecule has 2 rings (SSSR count). The SMILES string of the molecule is CCn1cc(C(Cc2ccccc2OC)NC)cn1. The van der Waals surface area contributed by atoms with E-state index < -0.39 is 0 Å². The van der Waals surface area contributed by atoms with Crippen molar-refractivity contribution >= 4 is 0 Å². The van der Waals surface area contributed by atoms with E-state index in [2.05, 4.69) is 29.6 Å². The summed E-state index contributed by atoms with van der Waals surface area (Å²) in [5.41, 5.74) is 2.41. The van der Waals surface area contributed by atoms with Gasteiger partial charge in [0, 0.05) is 24.3 Å². The molecule has 0 saturated heterocycles. The first-order valence-corrected chi connectivity index (χ1v) is 6.60. The van der Waals surface area contributed by atoms with Gasteiger partial charge in [0.2, 0.25) is 0 Å². The molecule has 2 aromatic rings. The summed E-state index contributed by atoms with van der Waals surface area (Å²) < 4.78 is 7.35. The van der Waals surface area contributed by atoms with Crippen LogP contribution >= 0.6 is 0 Å². The Hall–Kier alpha value is -1.81. The van der Waals surface area contributed by atoms with Crippen molar-refractivity contribution in [3.8, 4) is 5.75 Å². The number of hydrogen-bond donors (Lipinski definition) is 1. The van der Waals surface area contributed by atoms with E-state index in [1.54, 1.807) is 7.11 Å². The monoisotopic (exact) mass is 259 g/mol. The van der Waals surface area contributed by atoms with Crippen LogP contribution in [-0.4, -0.2) is 23.9 Å². The molecule has 19 heavy (non-hydrogen) atoms. The molecule has 1 aromatic heterocycles. The first kappa shape index (κ1) is 13.6. The van der Waals surface area contributed by atoms with Crippen LogP contribution in [0.25, 0.3) is 0 Å². The minimum Gasteiger partial charge on any atom is -0.496 e. The zero-order valence-corrected chi connectivity index (χ0v) is 11.8. The number of benzene rings is 1. The Kier molecular flexibility index (Phi) is 4.58. The maximum Gasteiger partial charge on any atom is 0.122 e. The molecule has 1 unspecified atom stereocenters. The highest BCUT2D eigenvalue weighted by Crippen LogP contribution is 2.24. The molecule has 1 atom stereocenters. The number of nitrogens with zero attached hydrogens (tertiary/aromatic N) is 2. The second kappa shape index (κ2) is 6.38. The molecular formula is C15H21N3O. The number of rotatable bonds is 6. The Morgan fingerprint density at radius 2 is 2.16 bits per heavy atom. The Morgan fingerprint density at radius 3 is 2.79 bits per heavy atom. The van der Waals surface area contributed by atoms with Crippen LogP contribution in [-0.2, 0) is 13.0 Å². The number of hydrogen-bond acceptors (Lipinski definition) is 3. The highest BCUT2D eigenvalue weighted by Gasteiger charge is 2.14. The number of aromatic nitrogens is 2. The van der Waals surface area contributed by atoms with E-state index in [9.17, 15) is 0 Å². The zero-order valence-electron chi connectivity index (χ0n) is 11.8. The van der Waals surface area contributed by atoms with Gasteiger partial charge in [-0.3, -0.25) is 4.68 Å². The van der Waals surface area contributed by atoms with Gasteiger partial charge in [-0.15, -0.1) is 0 Å². The van der Waals surface area contributed by atoms with Crippen LogP contribution in [0.1, 0.15) is 24.1 Å². The van der Waals surface area contributed by atoms with Crippen molar-refractivity contribution in [1.29, 1.82) is 0 Å². The smallest absolute Gasteiger partial charge is 0.122 e. The van der Waals surface area contributed by atoms with Gasteiger partial charge in [0.15, 0.2) is 0 Å². The van der Waals surface area contributed by atoms with Crippen molar-refractivity contribution in [2.75, 3.05) is 14.2 Å². The maximum absolute atomic E-state index is 5.40. The lowest BCUT2D eigenvalue weighted by Gasteiger charge is -2.16. The van der Waals surface area contributed by atoms with Crippen molar-refractivity contribution in [2.24, 2.45) is 0 Å². The molecule has 102 valence electrons. The van der Waals surface area contributed by atoms with E-state index in [1.165, 1.54) is 11.1 Å². The number of para-hydroxylation sites is 1. The molecule has 0 aliphatic carbocycles. The fourth-order valence-corrected chi connectivity index (χ4v) is 2.21. The quantitative estimate of drug-likeness (QED) is 0.866. The Labute approximate surface area is 114 Å².